The molecule has 106 valence electrons. The Morgan fingerprint density at radius 2 is 1.95 bits per heavy atom. The number of fused-ring (bicyclic) bond motifs is 1. The molecule has 3 rings (SSSR count). The summed E-state index contributed by atoms with van der Waals surface area (Å²) in [6.07, 6.45) is 5.49. The molecule has 6 nitrogen and oxygen atoms in total. The van der Waals surface area contributed by atoms with Crippen LogP contribution in [-0.2, 0) is 4.79 Å². The summed E-state index contributed by atoms with van der Waals surface area (Å²) in [4.78, 5) is 19.9. The second kappa shape index (κ2) is 5.32. The number of aromatic nitrogens is 4. The van der Waals surface area contributed by atoms with E-state index in [-0.39, 0.29) is 5.97 Å². The van der Waals surface area contributed by atoms with E-state index in [4.69, 9.17) is 4.74 Å². The van der Waals surface area contributed by atoms with Gasteiger partial charge in [-0.25, -0.2) is 9.97 Å². The van der Waals surface area contributed by atoms with Gasteiger partial charge in [0.05, 0.1) is 6.20 Å². The minimum Gasteiger partial charge on any atom is -0.424 e. The highest BCUT2D eigenvalue weighted by Crippen LogP contribution is 2.31. The Morgan fingerprint density at radius 3 is 2.67 bits per heavy atom. The van der Waals surface area contributed by atoms with Gasteiger partial charge in [-0.2, -0.15) is 5.10 Å². The second-order valence-corrected chi connectivity index (χ2v) is 4.66. The van der Waals surface area contributed by atoms with E-state index in [9.17, 15) is 4.79 Å². The Bertz CT molecular complexity index is 793. The lowest BCUT2D eigenvalue weighted by Gasteiger charge is -2.07. The van der Waals surface area contributed by atoms with Gasteiger partial charge in [0.1, 0.15) is 11.3 Å². The third kappa shape index (κ3) is 2.60. The van der Waals surface area contributed by atoms with Crippen molar-refractivity contribution in [2.75, 3.05) is 0 Å². The molecule has 21 heavy (non-hydrogen) atoms. The molecule has 1 N–H and O–H groups in total. The molecule has 2 aromatic heterocycles. The molecule has 0 aliphatic heterocycles. The molecule has 0 unspecified atom stereocenters. The third-order valence-electron chi connectivity index (χ3n) is 3.14. The van der Waals surface area contributed by atoms with Crippen molar-refractivity contribution in [1.29, 1.82) is 0 Å². The van der Waals surface area contributed by atoms with Crippen molar-refractivity contribution < 1.29 is 9.53 Å². The molecule has 0 aliphatic carbocycles. The van der Waals surface area contributed by atoms with Gasteiger partial charge in [0, 0.05) is 29.8 Å². The maximum absolute atomic E-state index is 11.6. The number of benzene rings is 1. The van der Waals surface area contributed by atoms with E-state index >= 15 is 0 Å². The number of H-pyrrole nitrogens is 1. The van der Waals surface area contributed by atoms with Crippen molar-refractivity contribution in [1.82, 2.24) is 20.2 Å². The zero-order valence-corrected chi connectivity index (χ0v) is 11.8. The van der Waals surface area contributed by atoms with Crippen LogP contribution in [0.3, 0.4) is 0 Å². The molecular formula is C15H14N4O2. The summed E-state index contributed by atoms with van der Waals surface area (Å²) < 4.78 is 5.37. The molecule has 0 bridgehead atoms. The van der Waals surface area contributed by atoms with Crippen LogP contribution in [-0.4, -0.2) is 26.1 Å². The van der Waals surface area contributed by atoms with Crippen LogP contribution in [0.5, 0.6) is 5.75 Å². The van der Waals surface area contributed by atoms with Gasteiger partial charge in [-0.3, -0.25) is 9.89 Å². The van der Waals surface area contributed by atoms with Gasteiger partial charge < -0.3 is 4.74 Å². The summed E-state index contributed by atoms with van der Waals surface area (Å²) in [5.41, 5.74) is 2.44. The molecule has 0 saturated carbocycles. The third-order valence-corrected chi connectivity index (χ3v) is 3.14. The number of carbonyl (C=O) groups excluding carboxylic acids is 1. The molecule has 0 fully saturated rings. The van der Waals surface area contributed by atoms with Gasteiger partial charge in [-0.15, -0.1) is 0 Å². The average molecular weight is 282 g/mol. The van der Waals surface area contributed by atoms with Crippen molar-refractivity contribution in [3.8, 4) is 16.9 Å². The molecule has 2 heterocycles. The first kappa shape index (κ1) is 13.2. The molecule has 6 heteroatoms. The monoisotopic (exact) mass is 282 g/mol. The summed E-state index contributed by atoms with van der Waals surface area (Å²) in [7, 11) is 0. The first-order valence-corrected chi connectivity index (χ1v) is 6.64. The zero-order valence-electron chi connectivity index (χ0n) is 11.8. The number of nitrogens with zero attached hydrogens (tertiary/aromatic N) is 3. The van der Waals surface area contributed by atoms with Crippen LogP contribution in [0.15, 0.2) is 30.7 Å². The number of esters is 1. The Hall–Kier alpha value is -2.76. The summed E-state index contributed by atoms with van der Waals surface area (Å²) >= 11 is 0. The lowest BCUT2D eigenvalue weighted by Crippen LogP contribution is -2.06. The standard InChI is InChI=1S/C15H14N4O2/c1-3-14(20)21-13-5-10(4-11-8-18-19-15(11)13)12-6-16-9(2)17-7-12/h4-8H,3H2,1-2H3,(H,18,19). The van der Waals surface area contributed by atoms with Gasteiger partial charge >= 0.3 is 5.97 Å². The van der Waals surface area contributed by atoms with Gasteiger partial charge in [-0.05, 0) is 24.6 Å². The minimum absolute atomic E-state index is 0.289. The topological polar surface area (TPSA) is 80.8 Å². The number of carbonyl (C=O) groups is 1. The summed E-state index contributed by atoms with van der Waals surface area (Å²) in [6.45, 7) is 3.58. The molecular weight excluding hydrogens is 268 g/mol. The molecule has 0 atom stereocenters. The van der Waals surface area contributed by atoms with E-state index in [1.165, 1.54) is 0 Å². The number of aryl methyl sites for hydroxylation is 1. The van der Waals surface area contributed by atoms with E-state index in [0.29, 0.717) is 23.5 Å². The van der Waals surface area contributed by atoms with Crippen molar-refractivity contribution in [3.05, 3.63) is 36.5 Å². The number of hydrogen-bond acceptors (Lipinski definition) is 5. The van der Waals surface area contributed by atoms with Crippen molar-refractivity contribution >= 4 is 16.9 Å². The fourth-order valence-electron chi connectivity index (χ4n) is 2.01. The Kier molecular flexibility index (Phi) is 3.35. The molecule has 0 amide bonds. The SMILES string of the molecule is CCC(=O)Oc1cc(-c2cnc(C)nc2)cc2cn[nH]c12. The highest BCUT2D eigenvalue weighted by molar-refractivity contribution is 5.91. The van der Waals surface area contributed by atoms with E-state index in [1.54, 1.807) is 31.6 Å². The van der Waals surface area contributed by atoms with Gasteiger partial charge in [0.2, 0.25) is 0 Å². The molecule has 0 spiro atoms. The highest BCUT2D eigenvalue weighted by atomic mass is 16.5. The molecule has 1 aromatic carbocycles. The quantitative estimate of drug-likeness (QED) is 0.590. The number of aromatic amines is 1. The van der Waals surface area contributed by atoms with E-state index in [1.807, 2.05) is 13.0 Å². The van der Waals surface area contributed by atoms with Crippen molar-refractivity contribution in [2.45, 2.75) is 20.3 Å². The first-order chi connectivity index (χ1) is 10.2. The van der Waals surface area contributed by atoms with Crippen LogP contribution in [0.2, 0.25) is 0 Å². The molecule has 0 aliphatic rings. The maximum atomic E-state index is 11.6. The summed E-state index contributed by atoms with van der Waals surface area (Å²) in [6, 6.07) is 3.75. The Morgan fingerprint density at radius 1 is 1.19 bits per heavy atom. The first-order valence-electron chi connectivity index (χ1n) is 6.64. The van der Waals surface area contributed by atoms with Crippen LogP contribution in [0, 0.1) is 6.92 Å². The maximum Gasteiger partial charge on any atom is 0.310 e. The van der Waals surface area contributed by atoms with Gasteiger partial charge in [0.15, 0.2) is 5.75 Å². The largest absolute Gasteiger partial charge is 0.424 e. The van der Waals surface area contributed by atoms with Crippen LogP contribution in [0.4, 0.5) is 0 Å². The van der Waals surface area contributed by atoms with Gasteiger partial charge in [0.25, 0.3) is 0 Å². The highest BCUT2D eigenvalue weighted by Gasteiger charge is 2.12. The van der Waals surface area contributed by atoms with Gasteiger partial charge in [-0.1, -0.05) is 6.92 Å². The minimum atomic E-state index is -0.289. The van der Waals surface area contributed by atoms with Crippen molar-refractivity contribution in [3.63, 3.8) is 0 Å². The number of ether oxygens (including phenoxy) is 1. The summed E-state index contributed by atoms with van der Waals surface area (Å²) in [5, 5.41) is 7.71. The Balaban J connectivity index is 2.11. The fraction of sp³-hybridized carbons (Fsp3) is 0.200. The lowest BCUT2D eigenvalue weighted by molar-refractivity contribution is -0.133. The van der Waals surface area contributed by atoms with E-state index < -0.39 is 0 Å². The van der Waals surface area contributed by atoms with Crippen LogP contribution in [0.1, 0.15) is 19.2 Å². The molecule has 0 radical (unpaired) electrons. The lowest BCUT2D eigenvalue weighted by atomic mass is 10.1. The van der Waals surface area contributed by atoms with Crippen LogP contribution in [0.25, 0.3) is 22.0 Å². The van der Waals surface area contributed by atoms with Crippen molar-refractivity contribution in [2.24, 2.45) is 0 Å². The molecule has 0 saturated heterocycles. The fourth-order valence-corrected chi connectivity index (χ4v) is 2.01. The number of nitrogens with one attached hydrogen (secondary N) is 1. The summed E-state index contributed by atoms with van der Waals surface area (Å²) in [5.74, 6) is 0.886. The average Bonchev–Trinajstić information content (AvgIpc) is 2.96. The zero-order chi connectivity index (χ0) is 14.8. The molecule has 3 aromatic rings. The van der Waals surface area contributed by atoms with E-state index in [0.717, 1.165) is 16.5 Å². The Labute approximate surface area is 121 Å². The van der Waals surface area contributed by atoms with Crippen LogP contribution >= 0.6 is 0 Å². The van der Waals surface area contributed by atoms with Crippen LogP contribution < -0.4 is 4.74 Å². The predicted octanol–water partition coefficient (Wildman–Crippen LogP) is 2.64. The second-order valence-electron chi connectivity index (χ2n) is 4.66. The predicted molar refractivity (Wildman–Crippen MR) is 77.8 cm³/mol. The van der Waals surface area contributed by atoms with E-state index in [2.05, 4.69) is 20.2 Å². The number of hydrogen-bond donors (Lipinski definition) is 1. The smallest absolute Gasteiger partial charge is 0.310 e. The number of rotatable bonds is 3. The normalized spacial score (nSPS) is 10.8.